The first-order valence-corrected chi connectivity index (χ1v) is 5.47. The molecule has 1 aromatic rings. The summed E-state index contributed by atoms with van der Waals surface area (Å²) >= 11 is 0. The molecule has 19 heavy (non-hydrogen) atoms. The fraction of sp³-hybridized carbons (Fsp3) is 0.500. The number of methoxy groups -OCH3 is 1. The second-order valence-corrected chi connectivity index (χ2v) is 3.79. The van der Waals surface area contributed by atoms with E-state index in [1.54, 1.807) is 0 Å². The zero-order chi connectivity index (χ0) is 14.4. The summed E-state index contributed by atoms with van der Waals surface area (Å²) in [5.74, 6) is -1.16. The normalized spacial score (nSPS) is 11.7. The molecule has 0 fully saturated rings. The summed E-state index contributed by atoms with van der Waals surface area (Å²) in [5.41, 5.74) is 0. The highest BCUT2D eigenvalue weighted by atomic mass is 16.6. The van der Waals surface area contributed by atoms with E-state index in [0.717, 1.165) is 0 Å². The number of imidazole rings is 1. The lowest BCUT2D eigenvalue weighted by Crippen LogP contribution is -2.39. The van der Waals surface area contributed by atoms with Gasteiger partial charge >= 0.3 is 11.8 Å². The third kappa shape index (κ3) is 4.37. The number of hydrogen-bond acceptors (Lipinski definition) is 6. The molecule has 0 saturated carbocycles. The Morgan fingerprint density at radius 3 is 2.84 bits per heavy atom. The quantitative estimate of drug-likeness (QED) is 0.437. The third-order valence-corrected chi connectivity index (χ3v) is 2.34. The Kier molecular flexibility index (Phi) is 4.98. The van der Waals surface area contributed by atoms with Crippen LogP contribution in [0.15, 0.2) is 12.5 Å². The highest BCUT2D eigenvalue weighted by molar-refractivity contribution is 5.83. The van der Waals surface area contributed by atoms with Crippen LogP contribution in [0.4, 0.5) is 5.82 Å². The van der Waals surface area contributed by atoms with E-state index in [0.29, 0.717) is 0 Å². The largest absolute Gasteiger partial charge is 0.467 e. The lowest BCUT2D eigenvalue weighted by atomic mass is 10.3. The number of amides is 1. The molecular weight excluding hydrogens is 256 g/mol. The van der Waals surface area contributed by atoms with Gasteiger partial charge < -0.3 is 24.7 Å². The fourth-order valence-corrected chi connectivity index (χ4v) is 1.34. The van der Waals surface area contributed by atoms with Crippen molar-refractivity contribution in [3.05, 3.63) is 22.6 Å². The average Bonchev–Trinajstić information content (AvgIpc) is 2.84. The van der Waals surface area contributed by atoms with Crippen molar-refractivity contribution in [2.45, 2.75) is 25.9 Å². The van der Waals surface area contributed by atoms with Gasteiger partial charge in [-0.25, -0.2) is 4.79 Å². The number of carbonyl (C=O) groups is 2. The third-order valence-electron chi connectivity index (χ3n) is 2.34. The molecule has 1 unspecified atom stereocenters. The Hall–Kier alpha value is -2.45. The number of nitrogens with zero attached hydrogens (tertiary/aromatic N) is 3. The number of nitrogens with one attached hydrogen (secondary N) is 1. The van der Waals surface area contributed by atoms with E-state index in [4.69, 9.17) is 0 Å². The van der Waals surface area contributed by atoms with Crippen LogP contribution in [0, 0.1) is 10.1 Å². The number of nitro groups is 1. The average molecular weight is 270 g/mol. The molecule has 1 rings (SSSR count). The lowest BCUT2D eigenvalue weighted by Gasteiger charge is -2.11. The van der Waals surface area contributed by atoms with E-state index in [2.05, 4.69) is 15.0 Å². The van der Waals surface area contributed by atoms with Gasteiger partial charge in [-0.2, -0.15) is 0 Å². The summed E-state index contributed by atoms with van der Waals surface area (Å²) in [4.78, 5) is 35.9. The molecule has 9 heteroatoms. The summed E-state index contributed by atoms with van der Waals surface area (Å²) in [6.45, 7) is 1.74. The van der Waals surface area contributed by atoms with Gasteiger partial charge in [-0.1, -0.05) is 0 Å². The lowest BCUT2D eigenvalue weighted by molar-refractivity contribution is -0.389. The molecule has 0 aromatic carbocycles. The smallest absolute Gasteiger partial charge is 0.381 e. The number of ether oxygens (including phenoxy) is 1. The zero-order valence-electron chi connectivity index (χ0n) is 10.5. The summed E-state index contributed by atoms with van der Waals surface area (Å²) < 4.78 is 5.89. The highest BCUT2D eigenvalue weighted by Gasteiger charge is 2.16. The van der Waals surface area contributed by atoms with E-state index in [9.17, 15) is 19.7 Å². The van der Waals surface area contributed by atoms with Crippen LogP contribution in [-0.2, 0) is 20.9 Å². The van der Waals surface area contributed by atoms with Crippen LogP contribution in [0.25, 0.3) is 0 Å². The fourth-order valence-electron chi connectivity index (χ4n) is 1.34. The first-order valence-electron chi connectivity index (χ1n) is 5.47. The van der Waals surface area contributed by atoms with Gasteiger partial charge in [-0.05, 0) is 16.8 Å². The van der Waals surface area contributed by atoms with Crippen LogP contribution in [-0.4, -0.2) is 39.5 Å². The topological polar surface area (TPSA) is 116 Å². The van der Waals surface area contributed by atoms with Gasteiger partial charge in [0.2, 0.25) is 12.2 Å². The standard InChI is InChI=1S/C10H14N4O5/c1-7(10(16)19-2)12-9(15)3-4-13-5-8(11-6-13)14(17)18/h5-7H,3-4H2,1-2H3,(H,12,15). The molecule has 1 heterocycles. The first kappa shape index (κ1) is 14.6. The predicted octanol–water partition coefficient (Wildman–Crippen LogP) is -0.141. The molecule has 9 nitrogen and oxygen atoms in total. The summed E-state index contributed by atoms with van der Waals surface area (Å²) in [7, 11) is 1.23. The van der Waals surface area contributed by atoms with Crippen molar-refractivity contribution in [3.63, 3.8) is 0 Å². The molecule has 1 aromatic heterocycles. The zero-order valence-corrected chi connectivity index (χ0v) is 10.5. The predicted molar refractivity (Wildman–Crippen MR) is 63.1 cm³/mol. The Bertz CT molecular complexity index is 484. The molecule has 1 N–H and O–H groups in total. The molecule has 0 bridgehead atoms. The number of esters is 1. The maximum absolute atomic E-state index is 11.5. The maximum Gasteiger partial charge on any atom is 0.381 e. The SMILES string of the molecule is COC(=O)C(C)NC(=O)CCn1cnc([N+](=O)[O-])c1. The molecule has 104 valence electrons. The second-order valence-electron chi connectivity index (χ2n) is 3.79. The molecule has 0 aliphatic carbocycles. The molecule has 0 aliphatic heterocycles. The molecule has 0 saturated heterocycles. The minimum atomic E-state index is -0.727. The van der Waals surface area contributed by atoms with E-state index >= 15 is 0 Å². The van der Waals surface area contributed by atoms with Crippen LogP contribution in [0.5, 0.6) is 0 Å². The summed E-state index contributed by atoms with van der Waals surface area (Å²) in [5, 5.41) is 12.9. The number of carbonyl (C=O) groups excluding carboxylic acids is 2. The van der Waals surface area contributed by atoms with E-state index in [1.165, 1.54) is 31.1 Å². The Labute approximate surface area is 108 Å². The van der Waals surface area contributed by atoms with Gasteiger partial charge in [-0.15, -0.1) is 0 Å². The van der Waals surface area contributed by atoms with Gasteiger partial charge in [0.1, 0.15) is 12.2 Å². The van der Waals surface area contributed by atoms with Gasteiger partial charge in [0.05, 0.1) is 7.11 Å². The molecule has 1 amide bonds. The van der Waals surface area contributed by atoms with Crippen molar-refractivity contribution in [2.75, 3.05) is 7.11 Å². The van der Waals surface area contributed by atoms with Crippen LogP contribution in [0.2, 0.25) is 0 Å². The molecule has 0 radical (unpaired) electrons. The number of rotatable bonds is 6. The minimum Gasteiger partial charge on any atom is -0.467 e. The van der Waals surface area contributed by atoms with Crippen molar-refractivity contribution < 1.29 is 19.2 Å². The summed E-state index contributed by atoms with van der Waals surface area (Å²) in [6.07, 6.45) is 2.58. The second kappa shape index (κ2) is 6.47. The van der Waals surface area contributed by atoms with Crippen LogP contribution < -0.4 is 5.32 Å². The van der Waals surface area contributed by atoms with Crippen molar-refractivity contribution in [1.29, 1.82) is 0 Å². The minimum absolute atomic E-state index is 0.0782. The number of aryl methyl sites for hydroxylation is 1. The van der Waals surface area contributed by atoms with Crippen LogP contribution >= 0.6 is 0 Å². The van der Waals surface area contributed by atoms with Gasteiger partial charge in [0, 0.05) is 13.0 Å². The van der Waals surface area contributed by atoms with Gasteiger partial charge in [0.25, 0.3) is 0 Å². The monoisotopic (exact) mass is 270 g/mol. The van der Waals surface area contributed by atoms with Crippen LogP contribution in [0.3, 0.4) is 0 Å². The van der Waals surface area contributed by atoms with Crippen molar-refractivity contribution in [2.24, 2.45) is 0 Å². The molecule has 0 aliphatic rings. The molecular formula is C10H14N4O5. The van der Waals surface area contributed by atoms with Crippen molar-refractivity contribution in [3.8, 4) is 0 Å². The van der Waals surface area contributed by atoms with E-state index in [1.807, 2.05) is 0 Å². The van der Waals surface area contributed by atoms with Crippen molar-refractivity contribution >= 4 is 17.7 Å². The Morgan fingerprint density at radius 1 is 1.63 bits per heavy atom. The Morgan fingerprint density at radius 2 is 2.32 bits per heavy atom. The first-order chi connectivity index (χ1) is 8.93. The number of aromatic nitrogens is 2. The summed E-state index contributed by atoms with van der Waals surface area (Å²) in [6, 6.07) is -0.727. The maximum atomic E-state index is 11.5. The number of hydrogen-bond donors (Lipinski definition) is 1. The van der Waals surface area contributed by atoms with E-state index in [-0.39, 0.29) is 24.7 Å². The molecule has 1 atom stereocenters. The van der Waals surface area contributed by atoms with Gasteiger partial charge in [-0.3, -0.25) is 4.79 Å². The van der Waals surface area contributed by atoms with Crippen LogP contribution in [0.1, 0.15) is 13.3 Å². The van der Waals surface area contributed by atoms with Crippen molar-refractivity contribution in [1.82, 2.24) is 14.9 Å². The highest BCUT2D eigenvalue weighted by Crippen LogP contribution is 2.06. The Balaban J connectivity index is 2.41. The van der Waals surface area contributed by atoms with E-state index < -0.39 is 16.9 Å². The molecule has 0 spiro atoms. The van der Waals surface area contributed by atoms with Gasteiger partial charge in [0.15, 0.2) is 0 Å².